The molecule has 0 saturated heterocycles. The number of amides is 1. The fraction of sp³-hybridized carbons (Fsp3) is 0.875. The average Bonchev–Trinajstić information content (AvgIpc) is 2.09. The third-order valence-corrected chi connectivity index (χ3v) is 2.41. The van der Waals surface area contributed by atoms with E-state index >= 15 is 0 Å². The minimum Gasteiger partial charge on any atom is -0.384 e. The standard InChI is InChI=1S/C8H14F3NO2S/c1-12(6-8(9,10)11)7(13)5-15-4-3-14-2/h3-6H2,1-2H3. The van der Waals surface area contributed by atoms with Crippen LogP contribution in [0.2, 0.25) is 0 Å². The Kier molecular flexibility index (Phi) is 6.75. The van der Waals surface area contributed by atoms with Gasteiger partial charge >= 0.3 is 6.18 Å². The van der Waals surface area contributed by atoms with Gasteiger partial charge in [-0.25, -0.2) is 0 Å². The number of hydrogen-bond donors (Lipinski definition) is 0. The third-order valence-electron chi connectivity index (χ3n) is 1.50. The third kappa shape index (κ3) is 8.56. The molecule has 0 atom stereocenters. The molecule has 3 nitrogen and oxygen atoms in total. The van der Waals surface area contributed by atoms with Gasteiger partial charge < -0.3 is 9.64 Å². The maximum Gasteiger partial charge on any atom is 0.406 e. The van der Waals surface area contributed by atoms with Crippen LogP contribution in [0.5, 0.6) is 0 Å². The summed E-state index contributed by atoms with van der Waals surface area (Å²) in [6, 6.07) is 0. The predicted molar refractivity (Wildman–Crippen MR) is 52.9 cm³/mol. The Morgan fingerprint density at radius 1 is 1.47 bits per heavy atom. The quantitative estimate of drug-likeness (QED) is 0.662. The Morgan fingerprint density at radius 3 is 2.53 bits per heavy atom. The zero-order chi connectivity index (χ0) is 11.9. The number of hydrogen-bond acceptors (Lipinski definition) is 3. The van der Waals surface area contributed by atoms with Crippen LogP contribution in [0.25, 0.3) is 0 Å². The first-order valence-corrected chi connectivity index (χ1v) is 5.39. The lowest BCUT2D eigenvalue weighted by atomic mass is 10.5. The van der Waals surface area contributed by atoms with Crippen LogP contribution in [-0.2, 0) is 9.53 Å². The van der Waals surface area contributed by atoms with Crippen molar-refractivity contribution >= 4 is 17.7 Å². The maximum absolute atomic E-state index is 11.9. The van der Waals surface area contributed by atoms with Crippen molar-refractivity contribution in [1.29, 1.82) is 0 Å². The van der Waals surface area contributed by atoms with Gasteiger partial charge in [-0.3, -0.25) is 4.79 Å². The maximum atomic E-state index is 11.9. The van der Waals surface area contributed by atoms with Gasteiger partial charge in [0, 0.05) is 19.9 Å². The summed E-state index contributed by atoms with van der Waals surface area (Å²) < 4.78 is 40.4. The molecule has 0 radical (unpaired) electrons. The van der Waals surface area contributed by atoms with Crippen molar-refractivity contribution in [2.24, 2.45) is 0 Å². The van der Waals surface area contributed by atoms with Crippen LogP contribution >= 0.6 is 11.8 Å². The predicted octanol–water partition coefficient (Wildman–Crippen LogP) is 1.39. The lowest BCUT2D eigenvalue weighted by Gasteiger charge is -2.18. The second kappa shape index (κ2) is 6.95. The molecule has 0 saturated carbocycles. The summed E-state index contributed by atoms with van der Waals surface area (Å²) in [5.41, 5.74) is 0. The topological polar surface area (TPSA) is 29.5 Å². The molecular formula is C8H14F3NO2S. The van der Waals surface area contributed by atoms with Crippen LogP contribution in [0.3, 0.4) is 0 Å². The molecule has 0 aliphatic carbocycles. The van der Waals surface area contributed by atoms with Crippen molar-refractivity contribution in [1.82, 2.24) is 4.90 Å². The molecule has 0 rings (SSSR count). The van der Waals surface area contributed by atoms with Gasteiger partial charge in [-0.15, -0.1) is 11.8 Å². The van der Waals surface area contributed by atoms with Crippen molar-refractivity contribution < 1.29 is 22.7 Å². The van der Waals surface area contributed by atoms with E-state index in [1.54, 1.807) is 0 Å². The van der Waals surface area contributed by atoms with Gasteiger partial charge in [-0.05, 0) is 0 Å². The lowest BCUT2D eigenvalue weighted by Crippen LogP contribution is -2.36. The van der Waals surface area contributed by atoms with Crippen molar-refractivity contribution in [2.45, 2.75) is 6.18 Å². The average molecular weight is 245 g/mol. The first kappa shape index (κ1) is 14.6. The second-order valence-corrected chi connectivity index (χ2v) is 4.02. The molecule has 1 amide bonds. The summed E-state index contributed by atoms with van der Waals surface area (Å²) in [5.74, 6) is 0.131. The Morgan fingerprint density at radius 2 is 2.07 bits per heavy atom. The molecule has 0 aromatic rings. The van der Waals surface area contributed by atoms with E-state index in [0.29, 0.717) is 17.3 Å². The van der Waals surface area contributed by atoms with Gasteiger partial charge in [0.15, 0.2) is 0 Å². The van der Waals surface area contributed by atoms with E-state index in [-0.39, 0.29) is 5.75 Å². The van der Waals surface area contributed by atoms with Crippen LogP contribution in [0.15, 0.2) is 0 Å². The minimum absolute atomic E-state index is 0.0515. The summed E-state index contributed by atoms with van der Waals surface area (Å²) in [5, 5.41) is 0. The first-order chi connectivity index (χ1) is 6.87. The van der Waals surface area contributed by atoms with Crippen molar-refractivity contribution in [2.75, 3.05) is 38.8 Å². The fourth-order valence-corrected chi connectivity index (χ4v) is 1.59. The van der Waals surface area contributed by atoms with Crippen molar-refractivity contribution in [3.05, 3.63) is 0 Å². The van der Waals surface area contributed by atoms with Crippen LogP contribution in [-0.4, -0.2) is 55.8 Å². The first-order valence-electron chi connectivity index (χ1n) is 4.24. The van der Waals surface area contributed by atoms with Crippen LogP contribution in [0.1, 0.15) is 0 Å². The van der Waals surface area contributed by atoms with E-state index in [1.807, 2.05) is 0 Å². The zero-order valence-corrected chi connectivity index (χ0v) is 9.45. The second-order valence-electron chi connectivity index (χ2n) is 2.91. The molecule has 0 spiro atoms. The highest BCUT2D eigenvalue weighted by atomic mass is 32.2. The van der Waals surface area contributed by atoms with Crippen LogP contribution < -0.4 is 0 Å². The molecule has 0 bridgehead atoms. The minimum atomic E-state index is -4.33. The number of alkyl halides is 3. The number of halogens is 3. The molecule has 15 heavy (non-hydrogen) atoms. The van der Waals surface area contributed by atoms with E-state index in [9.17, 15) is 18.0 Å². The summed E-state index contributed by atoms with van der Waals surface area (Å²) in [6.07, 6.45) is -4.33. The number of ether oxygens (including phenoxy) is 1. The molecule has 0 N–H and O–H groups in total. The van der Waals surface area contributed by atoms with E-state index < -0.39 is 18.6 Å². The highest BCUT2D eigenvalue weighted by Gasteiger charge is 2.30. The molecule has 0 aliphatic rings. The number of nitrogens with zero attached hydrogens (tertiary/aromatic N) is 1. The molecule has 0 aliphatic heterocycles. The molecule has 0 heterocycles. The van der Waals surface area contributed by atoms with Gasteiger partial charge in [0.1, 0.15) is 6.54 Å². The zero-order valence-electron chi connectivity index (χ0n) is 8.63. The largest absolute Gasteiger partial charge is 0.406 e. The SMILES string of the molecule is COCCSCC(=O)N(C)CC(F)(F)F. The molecule has 0 aromatic carbocycles. The smallest absolute Gasteiger partial charge is 0.384 e. The van der Waals surface area contributed by atoms with Gasteiger partial charge in [-0.2, -0.15) is 13.2 Å². The lowest BCUT2D eigenvalue weighted by molar-refractivity contribution is -0.156. The van der Waals surface area contributed by atoms with E-state index in [0.717, 1.165) is 7.05 Å². The van der Waals surface area contributed by atoms with E-state index in [1.165, 1.54) is 18.9 Å². The van der Waals surface area contributed by atoms with Gasteiger partial charge in [0.2, 0.25) is 5.91 Å². The van der Waals surface area contributed by atoms with Crippen molar-refractivity contribution in [3.8, 4) is 0 Å². The molecule has 0 aromatic heterocycles. The highest BCUT2D eigenvalue weighted by Crippen LogP contribution is 2.16. The molecular weight excluding hydrogens is 231 g/mol. The number of rotatable bonds is 6. The number of thioether (sulfide) groups is 1. The number of carbonyl (C=O) groups is 1. The fourth-order valence-electron chi connectivity index (χ4n) is 0.769. The Bertz CT molecular complexity index is 199. The van der Waals surface area contributed by atoms with Gasteiger partial charge in [0.25, 0.3) is 0 Å². The van der Waals surface area contributed by atoms with Crippen molar-refractivity contribution in [3.63, 3.8) is 0 Å². The molecule has 90 valence electrons. The van der Waals surface area contributed by atoms with Gasteiger partial charge in [0.05, 0.1) is 12.4 Å². The Labute approximate surface area is 90.9 Å². The summed E-state index contributed by atoms with van der Waals surface area (Å²) in [4.78, 5) is 11.8. The molecule has 0 fully saturated rings. The molecule has 7 heteroatoms. The normalized spacial score (nSPS) is 11.5. The monoisotopic (exact) mass is 245 g/mol. The Hall–Kier alpha value is -0.430. The van der Waals surface area contributed by atoms with Crippen LogP contribution in [0.4, 0.5) is 13.2 Å². The number of methoxy groups -OCH3 is 1. The van der Waals surface area contributed by atoms with E-state index in [2.05, 4.69) is 0 Å². The van der Waals surface area contributed by atoms with E-state index in [4.69, 9.17) is 4.74 Å². The summed E-state index contributed by atoms with van der Waals surface area (Å²) in [7, 11) is 2.67. The van der Waals surface area contributed by atoms with Gasteiger partial charge in [-0.1, -0.05) is 0 Å². The molecule has 0 unspecified atom stereocenters. The number of carbonyl (C=O) groups excluding carboxylic acids is 1. The summed E-state index contributed by atoms with van der Waals surface area (Å²) >= 11 is 1.26. The van der Waals surface area contributed by atoms with Crippen LogP contribution in [0, 0.1) is 0 Å². The Balaban J connectivity index is 3.70. The highest BCUT2D eigenvalue weighted by molar-refractivity contribution is 7.99. The summed E-state index contributed by atoms with van der Waals surface area (Å²) in [6.45, 7) is -0.711.